The Kier molecular flexibility index (Phi) is 40.2. The lowest BCUT2D eigenvalue weighted by molar-refractivity contribution is -0.889. The number of carboxylic acid groups (broad SMARTS) is 1. The summed E-state index contributed by atoms with van der Waals surface area (Å²) in [6, 6.07) is -0.733. The van der Waals surface area contributed by atoms with Gasteiger partial charge in [0.2, 0.25) is 0 Å². The van der Waals surface area contributed by atoms with Gasteiger partial charge in [-0.2, -0.15) is 0 Å². The molecule has 0 saturated heterocycles. The predicted molar refractivity (Wildman–Crippen MR) is 249 cm³/mol. The largest absolute Gasteiger partial charge is 0.544 e. The summed E-state index contributed by atoms with van der Waals surface area (Å²) in [4.78, 5) is 36.9. The smallest absolute Gasteiger partial charge is 0.306 e. The Hall–Kier alpha value is -3.23. The zero-order chi connectivity index (χ0) is 44.2. The number of rotatable bonds is 42. The minimum absolute atomic E-state index is 0.0284. The molecule has 2 atom stereocenters. The summed E-state index contributed by atoms with van der Waals surface area (Å²) in [5.41, 5.74) is 0. The summed E-state index contributed by atoms with van der Waals surface area (Å²) in [5.74, 6) is -1.78. The van der Waals surface area contributed by atoms with Crippen LogP contribution in [0.2, 0.25) is 0 Å². The highest BCUT2D eigenvalue weighted by Gasteiger charge is 2.25. The Bertz CT molecular complexity index is 1210. The molecular weight excluding hydrogens is 751 g/mol. The van der Waals surface area contributed by atoms with Gasteiger partial charge in [0, 0.05) is 19.3 Å². The highest BCUT2D eigenvalue weighted by molar-refractivity contribution is 5.70. The van der Waals surface area contributed by atoms with Crippen LogP contribution >= 0.6 is 0 Å². The van der Waals surface area contributed by atoms with Crippen LogP contribution in [0.1, 0.15) is 187 Å². The van der Waals surface area contributed by atoms with E-state index in [1.165, 1.54) is 70.6 Å². The van der Waals surface area contributed by atoms with Gasteiger partial charge in [0.15, 0.2) is 6.10 Å². The second-order valence-electron chi connectivity index (χ2n) is 17.0. The van der Waals surface area contributed by atoms with Crippen LogP contribution in [-0.2, 0) is 28.6 Å². The number of nitrogens with zero attached hydrogens (tertiary/aromatic N) is 1. The van der Waals surface area contributed by atoms with Gasteiger partial charge in [0.1, 0.15) is 12.6 Å². The van der Waals surface area contributed by atoms with E-state index in [0.29, 0.717) is 12.8 Å². The number of hydrogen-bond donors (Lipinski definition) is 0. The van der Waals surface area contributed by atoms with Crippen molar-refractivity contribution in [1.29, 1.82) is 0 Å². The number of esters is 2. The van der Waals surface area contributed by atoms with Crippen molar-refractivity contribution in [2.24, 2.45) is 0 Å². The van der Waals surface area contributed by atoms with Gasteiger partial charge in [0.25, 0.3) is 0 Å². The lowest BCUT2D eigenvalue weighted by atomic mass is 10.0. The molecule has 0 radical (unpaired) electrons. The summed E-state index contributed by atoms with van der Waals surface area (Å²) in [6.45, 7) is 4.51. The Balaban J connectivity index is 4.35. The molecule has 0 amide bonds. The fourth-order valence-corrected chi connectivity index (χ4v) is 6.66. The molecule has 0 aliphatic heterocycles. The molecular formula is C52H89NO7. The number of quaternary nitrogens is 1. The first kappa shape index (κ1) is 56.8. The first-order chi connectivity index (χ1) is 29.1. The second-order valence-corrected chi connectivity index (χ2v) is 17.0. The molecule has 0 bridgehead atoms. The number of unbranched alkanes of at least 4 members (excludes halogenated alkanes) is 16. The third kappa shape index (κ3) is 40.2. The van der Waals surface area contributed by atoms with Crippen LogP contribution in [0.3, 0.4) is 0 Å². The Morgan fingerprint density at radius 3 is 1.38 bits per heavy atom. The Labute approximate surface area is 368 Å². The van der Waals surface area contributed by atoms with Crippen LogP contribution in [0, 0.1) is 0 Å². The number of likely N-dealkylation sites (N-methyl/N-ethyl adjacent to an activating group) is 1. The quantitative estimate of drug-likeness (QED) is 0.0261. The van der Waals surface area contributed by atoms with Gasteiger partial charge in [-0.15, -0.1) is 0 Å². The van der Waals surface area contributed by atoms with Crippen molar-refractivity contribution < 1.29 is 38.2 Å². The van der Waals surface area contributed by atoms with Crippen molar-refractivity contribution in [1.82, 2.24) is 0 Å². The summed E-state index contributed by atoms with van der Waals surface area (Å²) < 4.78 is 17.2. The third-order valence-corrected chi connectivity index (χ3v) is 10.4. The molecule has 0 fully saturated rings. The lowest BCUT2D eigenvalue weighted by Gasteiger charge is -2.34. The molecule has 0 saturated carbocycles. The SMILES string of the molecule is CC/C=C/C/C=C/C/C=C/C/C=C/C/C=C/C/C=C/CCCCCC(=O)OCC(COCCC(C(=O)[O-])[N+](C)(C)C)OC(=O)CCCCCCCCCCCCCCCC. The number of hydrogen-bond acceptors (Lipinski definition) is 7. The molecule has 60 heavy (non-hydrogen) atoms. The van der Waals surface area contributed by atoms with Crippen molar-refractivity contribution in [3.63, 3.8) is 0 Å². The molecule has 0 aromatic carbocycles. The van der Waals surface area contributed by atoms with Crippen LogP contribution < -0.4 is 5.11 Å². The van der Waals surface area contributed by atoms with E-state index in [4.69, 9.17) is 14.2 Å². The van der Waals surface area contributed by atoms with Gasteiger partial charge in [-0.05, 0) is 64.2 Å². The van der Waals surface area contributed by atoms with Gasteiger partial charge in [-0.1, -0.05) is 177 Å². The van der Waals surface area contributed by atoms with E-state index in [2.05, 4.69) is 86.8 Å². The van der Waals surface area contributed by atoms with Crippen LogP contribution in [0.25, 0.3) is 0 Å². The first-order valence-electron chi connectivity index (χ1n) is 24.0. The molecule has 344 valence electrons. The Morgan fingerprint density at radius 1 is 0.517 bits per heavy atom. The summed E-state index contributed by atoms with van der Waals surface area (Å²) in [6.07, 6.45) is 53.5. The fraction of sp³-hybridized carbons (Fsp3) is 0.712. The van der Waals surface area contributed by atoms with Crippen molar-refractivity contribution in [3.05, 3.63) is 72.9 Å². The van der Waals surface area contributed by atoms with Crippen LogP contribution in [-0.4, -0.2) is 75.5 Å². The van der Waals surface area contributed by atoms with Gasteiger partial charge in [0.05, 0.1) is 40.3 Å². The molecule has 8 heteroatoms. The minimum Gasteiger partial charge on any atom is -0.544 e. The van der Waals surface area contributed by atoms with Gasteiger partial charge in [-0.3, -0.25) is 9.59 Å². The van der Waals surface area contributed by atoms with Crippen molar-refractivity contribution in [2.45, 2.75) is 199 Å². The summed E-state index contributed by atoms with van der Waals surface area (Å²) in [7, 11) is 5.40. The van der Waals surface area contributed by atoms with E-state index < -0.39 is 18.1 Å². The van der Waals surface area contributed by atoms with Crippen molar-refractivity contribution in [2.75, 3.05) is 41.0 Å². The van der Waals surface area contributed by atoms with E-state index in [1.54, 1.807) is 21.1 Å². The monoisotopic (exact) mass is 840 g/mol. The molecule has 0 heterocycles. The molecule has 0 aromatic heterocycles. The molecule has 2 unspecified atom stereocenters. The molecule has 0 rings (SSSR count). The van der Waals surface area contributed by atoms with Gasteiger partial charge < -0.3 is 28.6 Å². The maximum atomic E-state index is 12.7. The zero-order valence-electron chi connectivity index (χ0n) is 39.1. The first-order valence-corrected chi connectivity index (χ1v) is 24.0. The zero-order valence-corrected chi connectivity index (χ0v) is 39.1. The number of carboxylic acids is 1. The number of allylic oxidation sites excluding steroid dienone is 12. The fourth-order valence-electron chi connectivity index (χ4n) is 6.66. The second kappa shape index (κ2) is 42.5. The molecule has 0 aromatic rings. The van der Waals surface area contributed by atoms with E-state index in [9.17, 15) is 19.5 Å². The van der Waals surface area contributed by atoms with E-state index in [-0.39, 0.29) is 42.7 Å². The average Bonchev–Trinajstić information content (AvgIpc) is 3.21. The Morgan fingerprint density at radius 2 is 0.933 bits per heavy atom. The topological polar surface area (TPSA) is 102 Å². The standard InChI is InChI=1S/C52H89NO7/c1-6-8-10-12-14-16-18-20-22-23-24-25-26-27-28-29-31-32-34-36-38-40-42-50(54)59-47-48(46-58-45-44-49(52(56)57)53(3,4)5)60-51(55)43-41-39-37-35-33-30-21-19-17-15-13-11-9-7-2/h8,10,14,16,20,22,24-25,27-28,31-32,48-49H,6-7,9,11-13,15,17-19,21,23,26,29-30,33-47H2,1-5H3/b10-8+,16-14+,22-20+,25-24+,28-27+,32-31+. The summed E-state index contributed by atoms with van der Waals surface area (Å²) >= 11 is 0. The maximum Gasteiger partial charge on any atom is 0.306 e. The van der Waals surface area contributed by atoms with Crippen LogP contribution in [0.4, 0.5) is 0 Å². The predicted octanol–water partition coefficient (Wildman–Crippen LogP) is 12.2. The molecule has 0 N–H and O–H groups in total. The highest BCUT2D eigenvalue weighted by atomic mass is 16.6. The van der Waals surface area contributed by atoms with E-state index in [1.807, 2.05) is 0 Å². The molecule has 0 spiro atoms. The minimum atomic E-state index is -1.13. The number of ether oxygens (including phenoxy) is 3. The molecule has 0 aliphatic carbocycles. The average molecular weight is 840 g/mol. The van der Waals surface area contributed by atoms with Gasteiger partial charge in [-0.25, -0.2) is 0 Å². The normalized spacial score (nSPS) is 13.6. The molecule has 0 aliphatic rings. The number of aliphatic carboxylic acids is 1. The van der Waals surface area contributed by atoms with Crippen molar-refractivity contribution >= 4 is 17.9 Å². The van der Waals surface area contributed by atoms with Crippen LogP contribution in [0.15, 0.2) is 72.9 Å². The maximum absolute atomic E-state index is 12.7. The van der Waals surface area contributed by atoms with E-state index in [0.717, 1.165) is 83.5 Å². The van der Waals surface area contributed by atoms with Crippen molar-refractivity contribution in [3.8, 4) is 0 Å². The number of carbonyl (C=O) groups is 3. The number of carbonyl (C=O) groups excluding carboxylic acids is 3. The highest BCUT2D eigenvalue weighted by Crippen LogP contribution is 2.15. The van der Waals surface area contributed by atoms with Crippen LogP contribution in [0.5, 0.6) is 0 Å². The lowest BCUT2D eigenvalue weighted by Crippen LogP contribution is -2.55. The van der Waals surface area contributed by atoms with E-state index >= 15 is 0 Å². The third-order valence-electron chi connectivity index (χ3n) is 10.4. The molecule has 8 nitrogen and oxygen atoms in total. The van der Waals surface area contributed by atoms with Gasteiger partial charge >= 0.3 is 11.9 Å². The summed E-state index contributed by atoms with van der Waals surface area (Å²) in [5, 5.41) is 11.6.